The molecular formula is C19H27ClN4O3. The van der Waals surface area contributed by atoms with Crippen molar-refractivity contribution in [2.45, 2.75) is 18.9 Å². The van der Waals surface area contributed by atoms with Crippen LogP contribution in [0, 0.1) is 5.92 Å². The first-order valence-electron chi connectivity index (χ1n) is 8.85. The van der Waals surface area contributed by atoms with Crippen LogP contribution in [-0.2, 0) is 11.8 Å². The molecule has 1 aliphatic heterocycles. The maximum Gasteiger partial charge on any atom is 0.225 e. The number of amides is 1. The Balaban J connectivity index is 0.00000261. The minimum absolute atomic E-state index is 0. The van der Waals surface area contributed by atoms with Crippen molar-refractivity contribution in [2.75, 3.05) is 26.7 Å². The van der Waals surface area contributed by atoms with Gasteiger partial charge in [0.2, 0.25) is 5.91 Å². The van der Waals surface area contributed by atoms with Gasteiger partial charge < -0.3 is 20.1 Å². The number of carbonyl (C=O) groups is 1. The van der Waals surface area contributed by atoms with E-state index in [4.69, 9.17) is 9.47 Å². The number of hydrogen-bond acceptors (Lipinski definition) is 5. The quantitative estimate of drug-likeness (QED) is 0.748. The number of para-hydroxylation sites is 2. The second kappa shape index (κ2) is 9.62. The largest absolute Gasteiger partial charge is 0.493 e. The Labute approximate surface area is 165 Å². The Morgan fingerprint density at radius 2 is 2.11 bits per heavy atom. The Kier molecular flexibility index (Phi) is 7.50. The molecule has 0 spiro atoms. The molecule has 0 bridgehead atoms. The van der Waals surface area contributed by atoms with E-state index in [9.17, 15) is 4.79 Å². The number of halogens is 1. The lowest BCUT2D eigenvalue weighted by atomic mass is 9.90. The van der Waals surface area contributed by atoms with Gasteiger partial charge in [-0.25, -0.2) is 0 Å². The zero-order chi connectivity index (χ0) is 18.5. The van der Waals surface area contributed by atoms with Crippen molar-refractivity contribution in [3.8, 4) is 11.5 Å². The molecule has 1 unspecified atom stereocenters. The lowest BCUT2D eigenvalue weighted by molar-refractivity contribution is -0.125. The highest BCUT2D eigenvalue weighted by atomic mass is 35.5. The van der Waals surface area contributed by atoms with Crippen LogP contribution in [-0.4, -0.2) is 48.5 Å². The normalized spacial score (nSPS) is 19.8. The summed E-state index contributed by atoms with van der Waals surface area (Å²) in [5.41, 5.74) is 1.09. The van der Waals surface area contributed by atoms with Crippen molar-refractivity contribution >= 4 is 18.3 Å². The van der Waals surface area contributed by atoms with E-state index in [1.54, 1.807) is 11.8 Å². The highest BCUT2D eigenvalue weighted by molar-refractivity contribution is 5.85. The summed E-state index contributed by atoms with van der Waals surface area (Å²) in [6, 6.07) is 7.50. The number of aromatic nitrogens is 2. The summed E-state index contributed by atoms with van der Waals surface area (Å²) in [5.74, 6) is 1.45. The molecule has 148 valence electrons. The molecule has 3 rings (SSSR count). The molecular weight excluding hydrogens is 368 g/mol. The third-order valence-electron chi connectivity index (χ3n) is 4.66. The van der Waals surface area contributed by atoms with Crippen molar-refractivity contribution in [1.29, 1.82) is 0 Å². The van der Waals surface area contributed by atoms with Gasteiger partial charge in [0.25, 0.3) is 0 Å². The van der Waals surface area contributed by atoms with Gasteiger partial charge in [-0.05, 0) is 24.6 Å². The molecule has 2 heterocycles. The predicted molar refractivity (Wildman–Crippen MR) is 106 cm³/mol. The molecule has 7 nitrogen and oxygen atoms in total. The minimum Gasteiger partial charge on any atom is -0.493 e. The fourth-order valence-corrected chi connectivity index (χ4v) is 3.29. The van der Waals surface area contributed by atoms with Gasteiger partial charge in [0.05, 0.1) is 25.8 Å². The van der Waals surface area contributed by atoms with E-state index < -0.39 is 0 Å². The molecule has 1 amide bonds. The molecule has 1 fully saturated rings. The SMILES string of the molecule is COc1ccccc1OC(C)CNC(=O)[C@H]1CNC[C@@H]1c1cnn(C)c1.Cl. The number of nitrogens with zero attached hydrogens (tertiary/aromatic N) is 2. The average molecular weight is 395 g/mol. The first kappa shape index (κ1) is 21.1. The molecule has 1 saturated heterocycles. The predicted octanol–water partition coefficient (Wildman–Crippen LogP) is 1.74. The summed E-state index contributed by atoms with van der Waals surface area (Å²) in [4.78, 5) is 12.7. The van der Waals surface area contributed by atoms with Gasteiger partial charge in [0.1, 0.15) is 6.10 Å². The molecule has 2 aromatic rings. The van der Waals surface area contributed by atoms with Crippen LogP contribution in [0.1, 0.15) is 18.4 Å². The molecule has 1 aliphatic rings. The van der Waals surface area contributed by atoms with E-state index in [0.29, 0.717) is 24.6 Å². The average Bonchev–Trinajstić information content (AvgIpc) is 3.29. The van der Waals surface area contributed by atoms with E-state index in [0.717, 1.165) is 12.1 Å². The van der Waals surface area contributed by atoms with Gasteiger partial charge in [-0.3, -0.25) is 9.48 Å². The van der Waals surface area contributed by atoms with E-state index in [1.165, 1.54) is 0 Å². The van der Waals surface area contributed by atoms with Crippen LogP contribution in [0.15, 0.2) is 36.7 Å². The summed E-state index contributed by atoms with van der Waals surface area (Å²) in [6.45, 7) is 3.83. The summed E-state index contributed by atoms with van der Waals surface area (Å²) in [6.07, 6.45) is 3.65. The number of ether oxygens (including phenoxy) is 2. The standard InChI is InChI=1S/C19H26N4O3.ClH/c1-13(26-18-7-5-4-6-17(18)25-3)8-21-19(24)16-11-20-10-15(16)14-9-22-23(2)12-14;/h4-7,9,12-13,15-16,20H,8,10-11H2,1-3H3,(H,21,24);1H/t13?,15-,16+;/m1./s1. The molecule has 0 saturated carbocycles. The second-order valence-electron chi connectivity index (χ2n) is 6.64. The number of nitrogens with one attached hydrogen (secondary N) is 2. The van der Waals surface area contributed by atoms with Gasteiger partial charge in [0.15, 0.2) is 11.5 Å². The van der Waals surface area contributed by atoms with Gasteiger partial charge in [0, 0.05) is 32.3 Å². The van der Waals surface area contributed by atoms with Crippen LogP contribution in [0.4, 0.5) is 0 Å². The lowest BCUT2D eigenvalue weighted by Crippen LogP contribution is -2.39. The van der Waals surface area contributed by atoms with Crippen molar-refractivity contribution in [3.63, 3.8) is 0 Å². The minimum atomic E-state index is -0.165. The van der Waals surface area contributed by atoms with Gasteiger partial charge in [-0.1, -0.05) is 12.1 Å². The van der Waals surface area contributed by atoms with Crippen LogP contribution in [0.25, 0.3) is 0 Å². The third-order valence-corrected chi connectivity index (χ3v) is 4.66. The molecule has 1 aromatic heterocycles. The molecule has 0 radical (unpaired) electrons. The maximum absolute atomic E-state index is 12.7. The van der Waals surface area contributed by atoms with Crippen LogP contribution in [0.5, 0.6) is 11.5 Å². The molecule has 27 heavy (non-hydrogen) atoms. The van der Waals surface area contributed by atoms with E-state index in [-0.39, 0.29) is 36.3 Å². The zero-order valence-corrected chi connectivity index (χ0v) is 16.7. The third kappa shape index (κ3) is 5.14. The van der Waals surface area contributed by atoms with Crippen molar-refractivity contribution in [1.82, 2.24) is 20.4 Å². The maximum atomic E-state index is 12.7. The monoisotopic (exact) mass is 394 g/mol. The topological polar surface area (TPSA) is 77.4 Å². The molecule has 0 aliphatic carbocycles. The number of hydrogen-bond donors (Lipinski definition) is 2. The highest BCUT2D eigenvalue weighted by Crippen LogP contribution is 2.28. The number of aryl methyl sites for hydroxylation is 1. The van der Waals surface area contributed by atoms with Gasteiger partial charge in [-0.2, -0.15) is 5.10 Å². The molecule has 1 aromatic carbocycles. The Bertz CT molecular complexity index is 752. The molecule has 2 N–H and O–H groups in total. The van der Waals surface area contributed by atoms with Crippen molar-refractivity contribution in [3.05, 3.63) is 42.2 Å². The van der Waals surface area contributed by atoms with Crippen molar-refractivity contribution in [2.24, 2.45) is 13.0 Å². The van der Waals surface area contributed by atoms with Gasteiger partial charge in [-0.15, -0.1) is 12.4 Å². The lowest BCUT2D eigenvalue weighted by Gasteiger charge is -2.20. The number of rotatable bonds is 7. The molecule has 8 heteroatoms. The van der Waals surface area contributed by atoms with Crippen molar-refractivity contribution < 1.29 is 14.3 Å². The number of methoxy groups -OCH3 is 1. The first-order chi connectivity index (χ1) is 12.6. The van der Waals surface area contributed by atoms with Crippen LogP contribution < -0.4 is 20.1 Å². The fraction of sp³-hybridized carbons (Fsp3) is 0.474. The summed E-state index contributed by atoms with van der Waals surface area (Å²) >= 11 is 0. The Morgan fingerprint density at radius 1 is 1.37 bits per heavy atom. The van der Waals surface area contributed by atoms with E-state index in [2.05, 4.69) is 15.7 Å². The first-order valence-corrected chi connectivity index (χ1v) is 8.85. The fourth-order valence-electron chi connectivity index (χ4n) is 3.29. The smallest absolute Gasteiger partial charge is 0.225 e. The summed E-state index contributed by atoms with van der Waals surface area (Å²) in [5, 5.41) is 10.5. The van der Waals surface area contributed by atoms with Crippen LogP contribution in [0.2, 0.25) is 0 Å². The highest BCUT2D eigenvalue weighted by Gasteiger charge is 2.34. The van der Waals surface area contributed by atoms with Crippen LogP contribution >= 0.6 is 12.4 Å². The Morgan fingerprint density at radius 3 is 2.78 bits per heavy atom. The number of carbonyl (C=O) groups excluding carboxylic acids is 1. The summed E-state index contributed by atoms with van der Waals surface area (Å²) < 4.78 is 13.0. The number of benzene rings is 1. The zero-order valence-electron chi connectivity index (χ0n) is 15.8. The Hall–Kier alpha value is -2.25. The molecule has 3 atom stereocenters. The van der Waals surface area contributed by atoms with E-state index in [1.807, 2.05) is 50.6 Å². The second-order valence-corrected chi connectivity index (χ2v) is 6.64. The van der Waals surface area contributed by atoms with Crippen LogP contribution in [0.3, 0.4) is 0 Å². The van der Waals surface area contributed by atoms with Gasteiger partial charge >= 0.3 is 0 Å². The van der Waals surface area contributed by atoms with E-state index >= 15 is 0 Å². The summed E-state index contributed by atoms with van der Waals surface area (Å²) in [7, 11) is 3.50.